The highest BCUT2D eigenvalue weighted by molar-refractivity contribution is 5.83. The maximum absolute atomic E-state index is 6.25. The van der Waals surface area contributed by atoms with Gasteiger partial charge in [0, 0.05) is 12.8 Å². The first kappa shape index (κ1) is 18.2. The van der Waals surface area contributed by atoms with E-state index in [1.165, 1.54) is 27.8 Å². The smallest absolute Gasteiger partial charge is 0.108 e. The van der Waals surface area contributed by atoms with Crippen LogP contribution in [-0.4, -0.2) is 0 Å². The Balaban J connectivity index is 1.34. The van der Waals surface area contributed by atoms with E-state index in [0.29, 0.717) is 5.92 Å². The first-order valence-corrected chi connectivity index (χ1v) is 10.2. The fourth-order valence-electron chi connectivity index (χ4n) is 4.11. The van der Waals surface area contributed by atoms with Crippen LogP contribution in [0.3, 0.4) is 0 Å². The van der Waals surface area contributed by atoms with Crippen LogP contribution in [0.5, 0.6) is 0 Å². The third-order valence-electron chi connectivity index (χ3n) is 5.61. The molecule has 1 atom stereocenters. The number of benzene rings is 3. The predicted molar refractivity (Wildman–Crippen MR) is 119 cm³/mol. The maximum atomic E-state index is 6.25. The second-order valence-corrected chi connectivity index (χ2v) is 7.61. The molecule has 1 aliphatic rings. The van der Waals surface area contributed by atoms with Gasteiger partial charge >= 0.3 is 0 Å². The van der Waals surface area contributed by atoms with Crippen molar-refractivity contribution in [1.29, 1.82) is 0 Å². The van der Waals surface area contributed by atoms with Gasteiger partial charge in [-0.3, -0.25) is 0 Å². The van der Waals surface area contributed by atoms with Gasteiger partial charge in [-0.1, -0.05) is 72.8 Å². The van der Waals surface area contributed by atoms with Gasteiger partial charge in [-0.15, -0.1) is 0 Å². The van der Waals surface area contributed by atoms with Crippen LogP contribution in [-0.2, 0) is 12.8 Å². The van der Waals surface area contributed by atoms with Gasteiger partial charge in [-0.25, -0.2) is 0 Å². The van der Waals surface area contributed by atoms with E-state index in [1.807, 2.05) is 0 Å². The molecule has 3 aromatic carbocycles. The zero-order chi connectivity index (χ0) is 19.5. The van der Waals surface area contributed by atoms with Gasteiger partial charge in [0.1, 0.15) is 11.5 Å². The van der Waals surface area contributed by atoms with Crippen molar-refractivity contribution in [3.8, 4) is 0 Å². The standard InChI is InChI=1S/C28H23O/c1-2-9-23(10-3-1)28(24-11-5-6-12-24)20-27-17-16-26(29-27)19-21-14-15-22-8-4-7-13-25(22)18-21/h1-18,28H,19-20H2. The minimum absolute atomic E-state index is 0.311. The molecule has 0 spiro atoms. The molecule has 4 aromatic rings. The van der Waals surface area contributed by atoms with E-state index in [9.17, 15) is 0 Å². The first-order valence-electron chi connectivity index (χ1n) is 10.2. The molecule has 1 aliphatic carbocycles. The van der Waals surface area contributed by atoms with Gasteiger partial charge in [-0.2, -0.15) is 0 Å². The van der Waals surface area contributed by atoms with Crippen molar-refractivity contribution in [2.24, 2.45) is 0 Å². The molecule has 1 aromatic heterocycles. The van der Waals surface area contributed by atoms with Crippen LogP contribution < -0.4 is 0 Å². The third kappa shape index (κ3) is 4.15. The second kappa shape index (κ2) is 8.29. The lowest BCUT2D eigenvalue weighted by molar-refractivity contribution is 0.460. The van der Waals surface area contributed by atoms with Crippen LogP contribution in [0.25, 0.3) is 10.8 Å². The van der Waals surface area contributed by atoms with Crippen molar-refractivity contribution < 1.29 is 4.42 Å². The molecule has 0 aliphatic heterocycles. The normalized spacial score (nSPS) is 15.7. The van der Waals surface area contributed by atoms with Crippen molar-refractivity contribution in [3.05, 3.63) is 139 Å². The molecule has 5 radical (unpaired) electrons. The average Bonchev–Trinajstić information content (AvgIpc) is 3.45. The number of furan rings is 1. The van der Waals surface area contributed by atoms with Crippen LogP contribution in [0.15, 0.2) is 89.3 Å². The van der Waals surface area contributed by atoms with Gasteiger partial charge in [0.25, 0.3) is 0 Å². The van der Waals surface area contributed by atoms with E-state index < -0.39 is 0 Å². The SMILES string of the molecule is [CH]1[CH][CH][C](C(Cc2ccc(Cc3ccc4ccccc4c3)o2)c2ccccc2)[CH]1. The Morgan fingerprint density at radius 1 is 0.655 bits per heavy atom. The highest BCUT2D eigenvalue weighted by Crippen LogP contribution is 2.39. The third-order valence-corrected chi connectivity index (χ3v) is 5.61. The molecule has 1 fully saturated rings. The van der Waals surface area contributed by atoms with Crippen molar-refractivity contribution >= 4 is 10.8 Å². The molecule has 0 N–H and O–H groups in total. The van der Waals surface area contributed by atoms with Crippen LogP contribution in [0, 0.1) is 31.6 Å². The molecule has 0 bridgehead atoms. The molecule has 1 saturated carbocycles. The summed E-state index contributed by atoms with van der Waals surface area (Å²) in [6.45, 7) is 0. The zero-order valence-corrected chi connectivity index (χ0v) is 16.3. The van der Waals surface area contributed by atoms with Crippen LogP contribution in [0.1, 0.15) is 28.6 Å². The lowest BCUT2D eigenvalue weighted by atomic mass is 9.82. The maximum Gasteiger partial charge on any atom is 0.108 e. The predicted octanol–water partition coefficient (Wildman–Crippen LogP) is 6.76. The number of fused-ring (bicyclic) bond motifs is 1. The molecule has 1 heterocycles. The number of rotatable bonds is 6. The van der Waals surface area contributed by atoms with E-state index in [4.69, 9.17) is 4.42 Å². The van der Waals surface area contributed by atoms with Crippen molar-refractivity contribution in [2.45, 2.75) is 18.8 Å². The Bertz CT molecular complexity index is 1070. The Labute approximate surface area is 173 Å². The van der Waals surface area contributed by atoms with E-state index in [1.54, 1.807) is 0 Å². The summed E-state index contributed by atoms with van der Waals surface area (Å²) in [5.74, 6) is 3.70. The van der Waals surface area contributed by atoms with Crippen LogP contribution in [0.2, 0.25) is 0 Å². The lowest BCUT2D eigenvalue weighted by Crippen LogP contribution is -2.11. The number of hydrogen-bond acceptors (Lipinski definition) is 1. The molecular formula is C28H23O. The fourth-order valence-corrected chi connectivity index (χ4v) is 4.11. The largest absolute Gasteiger partial charge is 0.466 e. The van der Waals surface area contributed by atoms with Crippen molar-refractivity contribution in [1.82, 2.24) is 0 Å². The fraction of sp³-hybridized carbons (Fsp3) is 0.107. The molecule has 0 saturated heterocycles. The average molecular weight is 375 g/mol. The Hall–Kier alpha value is -2.80. The summed E-state index contributed by atoms with van der Waals surface area (Å²) in [5.41, 5.74) is 2.60. The summed E-state index contributed by atoms with van der Waals surface area (Å²) in [4.78, 5) is 0. The zero-order valence-electron chi connectivity index (χ0n) is 16.3. The molecule has 1 heteroatoms. The monoisotopic (exact) mass is 375 g/mol. The van der Waals surface area contributed by atoms with Gasteiger partial charge in [0.2, 0.25) is 0 Å². The molecule has 1 nitrogen and oxygen atoms in total. The minimum Gasteiger partial charge on any atom is -0.466 e. The summed E-state index contributed by atoms with van der Waals surface area (Å²) in [6, 6.07) is 30.1. The first-order chi connectivity index (χ1) is 14.3. The molecule has 0 amide bonds. The summed E-state index contributed by atoms with van der Waals surface area (Å²) in [5, 5.41) is 2.55. The van der Waals surface area contributed by atoms with Gasteiger partial charge in [-0.05, 0) is 71.6 Å². The molecule has 29 heavy (non-hydrogen) atoms. The topological polar surface area (TPSA) is 13.1 Å². The van der Waals surface area contributed by atoms with E-state index >= 15 is 0 Å². The highest BCUT2D eigenvalue weighted by atomic mass is 16.3. The summed E-state index contributed by atoms with van der Waals surface area (Å²) in [6.07, 6.45) is 10.3. The van der Waals surface area contributed by atoms with E-state index in [-0.39, 0.29) is 0 Å². The van der Waals surface area contributed by atoms with Crippen molar-refractivity contribution in [3.63, 3.8) is 0 Å². The molecule has 141 valence electrons. The van der Waals surface area contributed by atoms with Crippen LogP contribution >= 0.6 is 0 Å². The van der Waals surface area contributed by atoms with Gasteiger partial charge in [0.15, 0.2) is 0 Å². The molecular weight excluding hydrogens is 352 g/mol. The van der Waals surface area contributed by atoms with Gasteiger partial charge < -0.3 is 4.42 Å². The summed E-state index contributed by atoms with van der Waals surface area (Å²) >= 11 is 0. The lowest BCUT2D eigenvalue weighted by Gasteiger charge is -2.22. The Morgan fingerprint density at radius 3 is 2.21 bits per heavy atom. The van der Waals surface area contributed by atoms with Crippen molar-refractivity contribution in [2.75, 3.05) is 0 Å². The minimum atomic E-state index is 0.311. The van der Waals surface area contributed by atoms with E-state index in [0.717, 1.165) is 24.4 Å². The summed E-state index contributed by atoms with van der Waals surface area (Å²) < 4.78 is 6.25. The van der Waals surface area contributed by atoms with E-state index in [2.05, 4.69) is 111 Å². The Kier molecular flexibility index (Phi) is 5.21. The Morgan fingerprint density at radius 2 is 1.38 bits per heavy atom. The second-order valence-electron chi connectivity index (χ2n) is 7.61. The van der Waals surface area contributed by atoms with Crippen LogP contribution in [0.4, 0.5) is 0 Å². The highest BCUT2D eigenvalue weighted by Gasteiger charge is 2.28. The van der Waals surface area contributed by atoms with Gasteiger partial charge in [0.05, 0.1) is 0 Å². The molecule has 1 unspecified atom stereocenters. The quantitative estimate of drug-likeness (QED) is 0.363. The molecule has 5 rings (SSSR count). The summed E-state index contributed by atoms with van der Waals surface area (Å²) in [7, 11) is 0. The number of hydrogen-bond donors (Lipinski definition) is 0.